The van der Waals surface area contributed by atoms with Crippen LogP contribution in [0.4, 0.5) is 10.1 Å². The van der Waals surface area contributed by atoms with Gasteiger partial charge in [-0.15, -0.1) is 0 Å². The minimum absolute atomic E-state index is 0.0597. The van der Waals surface area contributed by atoms with Gasteiger partial charge in [-0.3, -0.25) is 10.1 Å². The fourth-order valence-electron chi connectivity index (χ4n) is 2.46. The van der Waals surface area contributed by atoms with Gasteiger partial charge < -0.3 is 4.74 Å². The number of hydrogen-bond donors (Lipinski definition) is 0. The topological polar surface area (TPSA) is 104 Å². The fourth-order valence-corrected chi connectivity index (χ4v) is 3.81. The molecule has 9 heteroatoms. The third-order valence-corrected chi connectivity index (χ3v) is 5.37. The summed E-state index contributed by atoms with van der Waals surface area (Å²) < 4.78 is 44.8. The van der Waals surface area contributed by atoms with Gasteiger partial charge >= 0.3 is 11.7 Å². The summed E-state index contributed by atoms with van der Waals surface area (Å²) in [5, 5.41) is 11.3. The molecule has 0 aliphatic heterocycles. The smallest absolute Gasteiger partial charge is 0.338 e. The van der Waals surface area contributed by atoms with Gasteiger partial charge in [-0.25, -0.2) is 13.2 Å². The molecule has 0 radical (unpaired) electrons. The van der Waals surface area contributed by atoms with Crippen LogP contribution < -0.4 is 0 Å². The molecular weight excluding hydrogens is 389 g/mol. The lowest BCUT2D eigenvalue weighted by atomic mass is 10.1. The SMILES string of the molecule is Cc1ccc(S(=O)(=O)Cc2cc(C(=O)OC(C)(C)C)cc(F)c2[N+](=O)[O-])cc1. The maximum absolute atomic E-state index is 14.3. The Labute approximate surface area is 162 Å². The van der Waals surface area contributed by atoms with Crippen molar-refractivity contribution in [3.05, 3.63) is 69.0 Å². The van der Waals surface area contributed by atoms with Crippen molar-refractivity contribution in [3.63, 3.8) is 0 Å². The lowest BCUT2D eigenvalue weighted by Crippen LogP contribution is -2.24. The average molecular weight is 409 g/mol. The van der Waals surface area contributed by atoms with Gasteiger partial charge in [0.1, 0.15) is 5.60 Å². The quantitative estimate of drug-likeness (QED) is 0.420. The molecule has 7 nitrogen and oxygen atoms in total. The molecule has 0 fully saturated rings. The van der Waals surface area contributed by atoms with Gasteiger partial charge in [-0.1, -0.05) is 17.7 Å². The first-order valence-electron chi connectivity index (χ1n) is 8.30. The van der Waals surface area contributed by atoms with Crippen molar-refractivity contribution in [1.82, 2.24) is 0 Å². The molecule has 0 atom stereocenters. The molecule has 150 valence electrons. The zero-order valence-corrected chi connectivity index (χ0v) is 16.7. The first kappa shape index (κ1) is 21.5. The molecule has 0 unspecified atom stereocenters. The second kappa shape index (κ2) is 7.67. The van der Waals surface area contributed by atoms with Crippen molar-refractivity contribution in [2.45, 2.75) is 43.9 Å². The largest absolute Gasteiger partial charge is 0.456 e. The third kappa shape index (κ3) is 5.13. The van der Waals surface area contributed by atoms with Crippen LogP contribution in [-0.4, -0.2) is 24.9 Å². The van der Waals surface area contributed by atoms with Crippen molar-refractivity contribution in [3.8, 4) is 0 Å². The Kier molecular flexibility index (Phi) is 5.88. The van der Waals surface area contributed by atoms with E-state index in [0.717, 1.165) is 11.6 Å². The first-order chi connectivity index (χ1) is 12.8. The summed E-state index contributed by atoms with van der Waals surface area (Å²) in [5.41, 5.74) is -1.74. The first-order valence-corrected chi connectivity index (χ1v) is 9.95. The maximum Gasteiger partial charge on any atom is 0.338 e. The summed E-state index contributed by atoms with van der Waals surface area (Å²) in [6.45, 7) is 6.60. The standard InChI is InChI=1S/C19H20FNO6S/c1-12-5-7-15(8-6-12)28(25,26)11-14-9-13(18(22)27-19(2,3)4)10-16(20)17(14)21(23)24/h5-10H,11H2,1-4H3. The number of sulfone groups is 1. The van der Waals surface area contributed by atoms with Gasteiger partial charge in [-0.2, -0.15) is 4.39 Å². The monoisotopic (exact) mass is 409 g/mol. The minimum Gasteiger partial charge on any atom is -0.456 e. The normalized spacial score (nSPS) is 11.9. The molecule has 0 aliphatic carbocycles. The van der Waals surface area contributed by atoms with Gasteiger partial charge in [0.05, 0.1) is 21.1 Å². The average Bonchev–Trinajstić information content (AvgIpc) is 2.52. The Morgan fingerprint density at radius 2 is 1.75 bits per heavy atom. The van der Waals surface area contributed by atoms with Crippen molar-refractivity contribution in [1.29, 1.82) is 0 Å². The number of rotatable bonds is 5. The molecule has 0 saturated carbocycles. The van der Waals surface area contributed by atoms with Gasteiger partial charge in [0, 0.05) is 5.56 Å². The predicted octanol–water partition coefficient (Wildman–Crippen LogP) is 3.97. The van der Waals surface area contributed by atoms with E-state index in [0.29, 0.717) is 6.07 Å². The maximum atomic E-state index is 14.3. The molecular formula is C19H20FNO6S. The van der Waals surface area contributed by atoms with Crippen LogP contribution in [0.15, 0.2) is 41.3 Å². The van der Waals surface area contributed by atoms with Crippen LogP contribution in [0.1, 0.15) is 42.3 Å². The van der Waals surface area contributed by atoms with Gasteiger partial charge in [0.2, 0.25) is 5.82 Å². The number of carbonyl (C=O) groups excluding carboxylic acids is 1. The molecule has 28 heavy (non-hydrogen) atoms. The number of benzene rings is 2. The van der Waals surface area contributed by atoms with Crippen LogP contribution in [-0.2, 0) is 20.3 Å². The molecule has 0 N–H and O–H groups in total. The van der Waals surface area contributed by atoms with Crippen molar-refractivity contribution in [2.75, 3.05) is 0 Å². The van der Waals surface area contributed by atoms with Gasteiger partial charge in [0.15, 0.2) is 9.84 Å². The molecule has 0 aliphatic rings. The molecule has 0 saturated heterocycles. The molecule has 2 rings (SSSR count). The van der Waals surface area contributed by atoms with Crippen LogP contribution in [0, 0.1) is 22.9 Å². The van der Waals surface area contributed by atoms with E-state index in [1.807, 2.05) is 0 Å². The predicted molar refractivity (Wildman–Crippen MR) is 100 cm³/mol. The van der Waals surface area contributed by atoms with E-state index in [2.05, 4.69) is 0 Å². The Morgan fingerprint density at radius 1 is 1.18 bits per heavy atom. The van der Waals surface area contributed by atoms with E-state index in [1.165, 1.54) is 12.1 Å². The Hall–Kier alpha value is -2.81. The fraction of sp³-hybridized carbons (Fsp3) is 0.316. The van der Waals surface area contributed by atoms with E-state index >= 15 is 0 Å². The van der Waals surface area contributed by atoms with E-state index < -0.39 is 49.2 Å². The highest BCUT2D eigenvalue weighted by Gasteiger charge is 2.29. The number of aryl methyl sites for hydroxylation is 1. The van der Waals surface area contributed by atoms with E-state index in [9.17, 15) is 27.7 Å². The Bertz CT molecular complexity index is 1020. The number of nitro groups is 1. The Balaban J connectivity index is 2.53. The van der Waals surface area contributed by atoms with E-state index in [-0.39, 0.29) is 10.5 Å². The summed E-state index contributed by atoms with van der Waals surface area (Å²) in [4.78, 5) is 22.4. The van der Waals surface area contributed by atoms with Crippen LogP contribution in [0.3, 0.4) is 0 Å². The van der Waals surface area contributed by atoms with Gasteiger partial charge in [-0.05, 0) is 52.0 Å². The zero-order chi connectivity index (χ0) is 21.3. The summed E-state index contributed by atoms with van der Waals surface area (Å²) in [7, 11) is -4.00. The summed E-state index contributed by atoms with van der Waals surface area (Å²) in [5.74, 6) is -3.04. The molecule has 0 heterocycles. The summed E-state index contributed by atoms with van der Waals surface area (Å²) >= 11 is 0. The summed E-state index contributed by atoms with van der Waals surface area (Å²) in [6.07, 6.45) is 0. The highest BCUT2D eigenvalue weighted by molar-refractivity contribution is 7.90. The van der Waals surface area contributed by atoms with Crippen molar-refractivity contribution >= 4 is 21.5 Å². The number of carbonyl (C=O) groups is 1. The van der Waals surface area contributed by atoms with E-state index in [1.54, 1.807) is 39.8 Å². The third-order valence-electron chi connectivity index (χ3n) is 3.69. The lowest BCUT2D eigenvalue weighted by Gasteiger charge is -2.19. The zero-order valence-electron chi connectivity index (χ0n) is 15.9. The second-order valence-corrected chi connectivity index (χ2v) is 9.29. The van der Waals surface area contributed by atoms with E-state index in [4.69, 9.17) is 4.74 Å². The second-order valence-electron chi connectivity index (χ2n) is 7.30. The van der Waals surface area contributed by atoms with Crippen LogP contribution in [0.5, 0.6) is 0 Å². The van der Waals surface area contributed by atoms with Crippen molar-refractivity contribution < 1.29 is 27.3 Å². The van der Waals surface area contributed by atoms with Crippen LogP contribution >= 0.6 is 0 Å². The number of esters is 1. The van der Waals surface area contributed by atoms with Crippen molar-refractivity contribution in [2.24, 2.45) is 0 Å². The number of nitro benzene ring substituents is 1. The molecule has 2 aromatic carbocycles. The van der Waals surface area contributed by atoms with Crippen LogP contribution in [0.2, 0.25) is 0 Å². The molecule has 0 aromatic heterocycles. The highest BCUT2D eigenvalue weighted by atomic mass is 32.2. The molecule has 2 aromatic rings. The molecule has 0 bridgehead atoms. The molecule has 0 spiro atoms. The Morgan fingerprint density at radius 3 is 2.25 bits per heavy atom. The number of halogens is 1. The molecule has 0 amide bonds. The van der Waals surface area contributed by atoms with Crippen LogP contribution in [0.25, 0.3) is 0 Å². The number of hydrogen-bond acceptors (Lipinski definition) is 6. The summed E-state index contributed by atoms with van der Waals surface area (Å²) in [6, 6.07) is 7.56. The number of nitrogens with zero attached hydrogens (tertiary/aromatic N) is 1. The highest BCUT2D eigenvalue weighted by Crippen LogP contribution is 2.29. The minimum atomic E-state index is -4.00. The van der Waals surface area contributed by atoms with Gasteiger partial charge in [0.25, 0.3) is 0 Å². The number of ether oxygens (including phenoxy) is 1. The lowest BCUT2D eigenvalue weighted by molar-refractivity contribution is -0.388.